The van der Waals surface area contributed by atoms with Gasteiger partial charge in [0.2, 0.25) is 0 Å². The Hall–Kier alpha value is -1.80. The van der Waals surface area contributed by atoms with E-state index in [0.717, 1.165) is 22.0 Å². The second-order valence-corrected chi connectivity index (χ2v) is 7.41. The molecule has 0 bridgehead atoms. The zero-order chi connectivity index (χ0) is 18.4. The Morgan fingerprint density at radius 1 is 1.48 bits per heavy atom. The van der Waals surface area contributed by atoms with Gasteiger partial charge < -0.3 is 9.84 Å². The monoisotopic (exact) mass is 425 g/mol. The minimum absolute atomic E-state index is 0.0711. The molecule has 0 aliphatic rings. The SMILES string of the molecule is C=CCn1c(COc2ccc(C(C)C)cc2Br)nnc1SCC(=O)O. The van der Waals surface area contributed by atoms with E-state index in [9.17, 15) is 4.79 Å². The summed E-state index contributed by atoms with van der Waals surface area (Å²) >= 11 is 4.65. The number of carboxylic acids is 1. The zero-order valence-electron chi connectivity index (χ0n) is 14.1. The number of aliphatic carboxylic acids is 1. The normalized spacial score (nSPS) is 10.9. The van der Waals surface area contributed by atoms with Gasteiger partial charge in [-0.2, -0.15) is 0 Å². The molecular weight excluding hydrogens is 406 g/mol. The first-order valence-electron chi connectivity index (χ1n) is 7.72. The molecule has 0 saturated heterocycles. The number of thioether (sulfide) groups is 1. The highest BCUT2D eigenvalue weighted by atomic mass is 79.9. The minimum Gasteiger partial charge on any atom is -0.484 e. The summed E-state index contributed by atoms with van der Waals surface area (Å²) in [7, 11) is 0. The number of halogens is 1. The first-order chi connectivity index (χ1) is 11.9. The van der Waals surface area contributed by atoms with Crippen LogP contribution >= 0.6 is 27.7 Å². The van der Waals surface area contributed by atoms with Crippen molar-refractivity contribution in [2.45, 2.75) is 38.1 Å². The van der Waals surface area contributed by atoms with Crippen LogP contribution in [0.3, 0.4) is 0 Å². The third-order valence-corrected chi connectivity index (χ3v) is 4.98. The van der Waals surface area contributed by atoms with Gasteiger partial charge >= 0.3 is 5.97 Å². The maximum absolute atomic E-state index is 10.7. The summed E-state index contributed by atoms with van der Waals surface area (Å²) in [5.41, 5.74) is 1.22. The average Bonchev–Trinajstić information content (AvgIpc) is 2.94. The van der Waals surface area contributed by atoms with Crippen molar-refractivity contribution in [2.24, 2.45) is 0 Å². The van der Waals surface area contributed by atoms with Gasteiger partial charge in [0.1, 0.15) is 12.4 Å². The number of hydrogen-bond acceptors (Lipinski definition) is 5. The molecule has 0 atom stereocenters. The van der Waals surface area contributed by atoms with Crippen molar-refractivity contribution in [3.05, 3.63) is 46.7 Å². The van der Waals surface area contributed by atoms with Crippen LogP contribution in [0.4, 0.5) is 0 Å². The van der Waals surface area contributed by atoms with Crippen LogP contribution in [0.5, 0.6) is 5.75 Å². The van der Waals surface area contributed by atoms with E-state index in [0.29, 0.717) is 23.4 Å². The van der Waals surface area contributed by atoms with Crippen molar-refractivity contribution in [3.8, 4) is 5.75 Å². The number of carbonyl (C=O) groups is 1. The van der Waals surface area contributed by atoms with Gasteiger partial charge in [0.05, 0.1) is 10.2 Å². The third-order valence-electron chi connectivity index (χ3n) is 3.41. The van der Waals surface area contributed by atoms with Gasteiger partial charge in [0.15, 0.2) is 11.0 Å². The Balaban J connectivity index is 2.12. The van der Waals surface area contributed by atoms with Crippen molar-refractivity contribution >= 4 is 33.7 Å². The molecule has 2 aromatic rings. The van der Waals surface area contributed by atoms with Crippen molar-refractivity contribution in [1.82, 2.24) is 14.8 Å². The van der Waals surface area contributed by atoms with E-state index >= 15 is 0 Å². The Morgan fingerprint density at radius 3 is 2.84 bits per heavy atom. The summed E-state index contributed by atoms with van der Waals surface area (Å²) in [5.74, 6) is 0.808. The lowest BCUT2D eigenvalue weighted by Crippen LogP contribution is -2.08. The molecule has 1 aromatic heterocycles. The highest BCUT2D eigenvalue weighted by Gasteiger charge is 2.14. The van der Waals surface area contributed by atoms with Gasteiger partial charge in [-0.25, -0.2) is 0 Å². The second-order valence-electron chi connectivity index (χ2n) is 5.61. The molecule has 0 amide bonds. The molecule has 134 valence electrons. The van der Waals surface area contributed by atoms with Crippen LogP contribution in [0, 0.1) is 0 Å². The van der Waals surface area contributed by atoms with E-state index in [-0.39, 0.29) is 12.4 Å². The minimum atomic E-state index is -0.898. The number of hydrogen-bond donors (Lipinski definition) is 1. The highest BCUT2D eigenvalue weighted by molar-refractivity contribution is 9.10. The zero-order valence-corrected chi connectivity index (χ0v) is 16.5. The molecular formula is C17H20BrN3O3S. The largest absolute Gasteiger partial charge is 0.484 e. The molecule has 0 aliphatic carbocycles. The van der Waals surface area contributed by atoms with Crippen LogP contribution in [0.2, 0.25) is 0 Å². The molecule has 0 unspecified atom stereocenters. The first kappa shape index (κ1) is 19.5. The summed E-state index contributed by atoms with van der Waals surface area (Å²) < 4.78 is 8.54. The average molecular weight is 426 g/mol. The van der Waals surface area contributed by atoms with Crippen molar-refractivity contribution in [1.29, 1.82) is 0 Å². The van der Waals surface area contributed by atoms with Gasteiger partial charge in [-0.15, -0.1) is 16.8 Å². The summed E-state index contributed by atoms with van der Waals surface area (Å²) in [5, 5.41) is 17.5. The molecule has 25 heavy (non-hydrogen) atoms. The van der Waals surface area contributed by atoms with Gasteiger partial charge in [-0.1, -0.05) is 37.8 Å². The Morgan fingerprint density at radius 2 is 2.24 bits per heavy atom. The van der Waals surface area contributed by atoms with Gasteiger partial charge in [0, 0.05) is 6.54 Å². The van der Waals surface area contributed by atoms with E-state index in [1.165, 1.54) is 5.56 Å². The topological polar surface area (TPSA) is 77.2 Å². The van der Waals surface area contributed by atoms with E-state index in [1.807, 2.05) is 18.2 Å². The number of ether oxygens (including phenoxy) is 1. The van der Waals surface area contributed by atoms with Crippen LogP contribution in [0.1, 0.15) is 31.2 Å². The number of allylic oxidation sites excluding steroid dienone is 1. The summed E-state index contributed by atoms with van der Waals surface area (Å²) in [4.78, 5) is 10.7. The predicted molar refractivity (Wildman–Crippen MR) is 101 cm³/mol. The molecule has 1 aromatic carbocycles. The molecule has 0 fully saturated rings. The lowest BCUT2D eigenvalue weighted by atomic mass is 10.0. The number of nitrogens with zero attached hydrogens (tertiary/aromatic N) is 3. The predicted octanol–water partition coefficient (Wildman–Crippen LogP) is 4.11. The van der Waals surface area contributed by atoms with Crippen LogP contribution < -0.4 is 4.74 Å². The molecule has 0 spiro atoms. The van der Waals surface area contributed by atoms with E-state index < -0.39 is 5.97 Å². The van der Waals surface area contributed by atoms with E-state index in [1.54, 1.807) is 10.6 Å². The molecule has 0 radical (unpaired) electrons. The third kappa shape index (κ3) is 5.34. The first-order valence-corrected chi connectivity index (χ1v) is 9.50. The Labute approximate surface area is 159 Å². The van der Waals surface area contributed by atoms with Gasteiger partial charge in [-0.05, 0) is 39.5 Å². The molecule has 1 N–H and O–H groups in total. The van der Waals surface area contributed by atoms with Crippen LogP contribution in [-0.4, -0.2) is 31.6 Å². The van der Waals surface area contributed by atoms with Gasteiger partial charge in [0.25, 0.3) is 0 Å². The molecule has 8 heteroatoms. The smallest absolute Gasteiger partial charge is 0.313 e. The fraction of sp³-hybridized carbons (Fsp3) is 0.353. The summed E-state index contributed by atoms with van der Waals surface area (Å²) in [6.45, 7) is 8.71. The number of benzene rings is 1. The number of rotatable bonds is 9. The maximum Gasteiger partial charge on any atom is 0.313 e. The lowest BCUT2D eigenvalue weighted by Gasteiger charge is -2.12. The standard InChI is InChI=1S/C17H20BrN3O3S/c1-4-7-21-15(19-20-17(21)25-10-16(22)23)9-24-14-6-5-12(11(2)3)8-13(14)18/h4-6,8,11H,1,7,9-10H2,2-3H3,(H,22,23). The number of aromatic nitrogens is 3. The fourth-order valence-electron chi connectivity index (χ4n) is 2.11. The van der Waals surface area contributed by atoms with E-state index in [4.69, 9.17) is 9.84 Å². The molecule has 0 aliphatic heterocycles. The Kier molecular flexibility index (Phi) is 7.07. The molecule has 2 rings (SSSR count). The second kappa shape index (κ2) is 9.05. The fourth-order valence-corrected chi connectivity index (χ4v) is 3.30. The van der Waals surface area contributed by atoms with Crippen LogP contribution in [-0.2, 0) is 17.9 Å². The quantitative estimate of drug-likeness (QED) is 0.481. The summed E-state index contributed by atoms with van der Waals surface area (Å²) in [6.07, 6.45) is 1.71. The maximum atomic E-state index is 10.7. The van der Waals surface area contributed by atoms with Crippen LogP contribution in [0.15, 0.2) is 40.5 Å². The Bertz CT molecular complexity index is 762. The van der Waals surface area contributed by atoms with Crippen molar-refractivity contribution in [2.75, 3.05) is 5.75 Å². The molecule has 0 saturated carbocycles. The van der Waals surface area contributed by atoms with Crippen molar-refractivity contribution < 1.29 is 14.6 Å². The molecule has 1 heterocycles. The van der Waals surface area contributed by atoms with Crippen LogP contribution in [0.25, 0.3) is 0 Å². The highest BCUT2D eigenvalue weighted by Crippen LogP contribution is 2.29. The van der Waals surface area contributed by atoms with E-state index in [2.05, 4.69) is 46.6 Å². The van der Waals surface area contributed by atoms with Gasteiger partial charge in [-0.3, -0.25) is 9.36 Å². The number of carboxylic acid groups (broad SMARTS) is 1. The summed E-state index contributed by atoms with van der Waals surface area (Å²) in [6, 6.07) is 6.00. The lowest BCUT2D eigenvalue weighted by molar-refractivity contribution is -0.133. The molecule has 6 nitrogen and oxygen atoms in total. The van der Waals surface area contributed by atoms with Crippen molar-refractivity contribution in [3.63, 3.8) is 0 Å².